The molecule has 6 nitrogen and oxygen atoms in total. The van der Waals surface area contributed by atoms with Crippen molar-refractivity contribution >= 4 is 17.6 Å². The normalized spacial score (nSPS) is 43.3. The van der Waals surface area contributed by atoms with Crippen molar-refractivity contribution in [1.82, 2.24) is 15.1 Å². The molecule has 5 aliphatic carbocycles. The van der Waals surface area contributed by atoms with Gasteiger partial charge in [-0.1, -0.05) is 6.08 Å². The van der Waals surface area contributed by atoms with Crippen LogP contribution in [0.1, 0.15) is 44.9 Å². The molecule has 1 saturated heterocycles. The lowest BCUT2D eigenvalue weighted by atomic mass is 9.13. The molecule has 1 aliphatic heterocycles. The van der Waals surface area contributed by atoms with Crippen molar-refractivity contribution in [2.24, 2.45) is 34.5 Å². The summed E-state index contributed by atoms with van der Waals surface area (Å²) in [6, 6.07) is 0. The maximum Gasteiger partial charge on any atom is 0.242 e. The van der Waals surface area contributed by atoms with Gasteiger partial charge in [0, 0.05) is 45.1 Å². The summed E-state index contributed by atoms with van der Waals surface area (Å²) in [5.74, 6) is 3.21. The Hall–Kier alpha value is -1.69. The van der Waals surface area contributed by atoms with Gasteiger partial charge in [-0.2, -0.15) is 0 Å². The van der Waals surface area contributed by atoms with E-state index in [0.29, 0.717) is 30.3 Å². The highest BCUT2D eigenvalue weighted by atomic mass is 16.2. The third-order valence-electron chi connectivity index (χ3n) is 9.86. The van der Waals surface area contributed by atoms with E-state index in [0.717, 1.165) is 50.2 Å². The van der Waals surface area contributed by atoms with Gasteiger partial charge in [-0.3, -0.25) is 19.3 Å². The highest BCUT2D eigenvalue weighted by molar-refractivity contribution is 5.92. The van der Waals surface area contributed by atoms with E-state index in [1.165, 1.54) is 25.7 Å². The van der Waals surface area contributed by atoms with Crippen molar-refractivity contribution in [3.05, 3.63) is 12.2 Å². The van der Waals surface area contributed by atoms with Crippen LogP contribution in [-0.4, -0.2) is 66.7 Å². The summed E-state index contributed by atoms with van der Waals surface area (Å²) in [5, 5.41) is 2.93. The first kappa shape index (κ1) is 19.0. The van der Waals surface area contributed by atoms with Crippen molar-refractivity contribution < 1.29 is 14.4 Å². The van der Waals surface area contributed by atoms with E-state index < -0.39 is 0 Å². The smallest absolute Gasteiger partial charge is 0.242 e. The van der Waals surface area contributed by atoms with Crippen LogP contribution < -0.4 is 5.32 Å². The summed E-state index contributed by atoms with van der Waals surface area (Å²) < 4.78 is 0. The van der Waals surface area contributed by atoms with Crippen LogP contribution in [-0.2, 0) is 14.4 Å². The summed E-state index contributed by atoms with van der Waals surface area (Å²) >= 11 is 0. The number of ketones is 1. The Morgan fingerprint density at radius 2 is 1.80 bits per heavy atom. The zero-order valence-corrected chi connectivity index (χ0v) is 17.8. The molecule has 0 radical (unpaired) electrons. The maximum atomic E-state index is 12.6. The zero-order valence-electron chi connectivity index (χ0n) is 17.8. The number of carbonyl (C=O) groups is 3. The minimum Gasteiger partial charge on any atom is -0.347 e. The van der Waals surface area contributed by atoms with Crippen molar-refractivity contribution in [2.45, 2.75) is 44.9 Å². The fourth-order valence-electron chi connectivity index (χ4n) is 8.56. The number of carbonyl (C=O) groups excluding carboxylic acids is 3. The van der Waals surface area contributed by atoms with E-state index in [9.17, 15) is 14.4 Å². The van der Waals surface area contributed by atoms with E-state index in [1.807, 2.05) is 11.0 Å². The van der Waals surface area contributed by atoms with Gasteiger partial charge < -0.3 is 10.2 Å². The van der Waals surface area contributed by atoms with Crippen molar-refractivity contribution in [3.8, 4) is 0 Å². The Morgan fingerprint density at radius 3 is 2.43 bits per heavy atom. The third-order valence-corrected chi connectivity index (χ3v) is 9.86. The van der Waals surface area contributed by atoms with Crippen LogP contribution in [0, 0.1) is 34.5 Å². The molecule has 0 aromatic rings. The molecule has 2 amide bonds. The van der Waals surface area contributed by atoms with Crippen molar-refractivity contribution in [3.63, 3.8) is 0 Å². The van der Waals surface area contributed by atoms with Gasteiger partial charge in [0.2, 0.25) is 11.8 Å². The Labute approximate surface area is 178 Å². The van der Waals surface area contributed by atoms with Crippen LogP contribution in [0.2, 0.25) is 0 Å². The van der Waals surface area contributed by atoms with Crippen LogP contribution in [0.3, 0.4) is 0 Å². The Morgan fingerprint density at radius 1 is 1.07 bits per heavy atom. The standard InChI is InChI=1S/C24H33N3O3/c28-20-4-2-1-3-16(20)15-26-5-7-27(8-6-26)22(30)14-25-21(29)13-23-11-18-9-17-10-19(12-23)24(17,18)23/h2,4,16-19H,1,3,5-15H2,(H,25,29). The zero-order chi connectivity index (χ0) is 20.5. The van der Waals surface area contributed by atoms with Gasteiger partial charge in [0.25, 0.3) is 0 Å². The van der Waals surface area contributed by atoms with Crippen LogP contribution >= 0.6 is 0 Å². The van der Waals surface area contributed by atoms with Gasteiger partial charge >= 0.3 is 0 Å². The quantitative estimate of drug-likeness (QED) is 0.721. The predicted molar refractivity (Wildman–Crippen MR) is 111 cm³/mol. The minimum absolute atomic E-state index is 0.0264. The second kappa shape index (κ2) is 6.65. The molecule has 0 aromatic heterocycles. The van der Waals surface area contributed by atoms with Crippen LogP contribution in [0.5, 0.6) is 0 Å². The summed E-state index contributed by atoms with van der Waals surface area (Å²) in [7, 11) is 0. The average molecular weight is 412 g/mol. The maximum absolute atomic E-state index is 12.6. The molecule has 30 heavy (non-hydrogen) atoms. The van der Waals surface area contributed by atoms with Crippen LogP contribution in [0.4, 0.5) is 0 Å². The van der Waals surface area contributed by atoms with Gasteiger partial charge in [-0.15, -0.1) is 0 Å². The van der Waals surface area contributed by atoms with E-state index in [2.05, 4.69) is 10.2 Å². The predicted octanol–water partition coefficient (Wildman–Crippen LogP) is 1.61. The summed E-state index contributed by atoms with van der Waals surface area (Å²) in [6.07, 6.45) is 11.6. The molecule has 1 heterocycles. The number of rotatable bonds is 6. The van der Waals surface area contributed by atoms with E-state index in [-0.39, 0.29) is 30.1 Å². The van der Waals surface area contributed by atoms with Gasteiger partial charge in [0.05, 0.1) is 6.54 Å². The molecule has 0 bridgehead atoms. The lowest BCUT2D eigenvalue weighted by Gasteiger charge is -2.91. The molecule has 162 valence electrons. The number of amides is 2. The topological polar surface area (TPSA) is 69.7 Å². The molecule has 0 aromatic carbocycles. The fourth-order valence-corrected chi connectivity index (χ4v) is 8.56. The molecule has 6 aliphatic rings. The number of allylic oxidation sites excluding steroid dienone is 2. The molecule has 3 atom stereocenters. The first-order valence-corrected chi connectivity index (χ1v) is 12.0. The van der Waals surface area contributed by atoms with Gasteiger partial charge in [-0.05, 0) is 73.2 Å². The Bertz CT molecular complexity index is 787. The highest BCUT2D eigenvalue weighted by Gasteiger charge is 2.87. The average Bonchev–Trinajstić information content (AvgIpc) is 2.69. The SMILES string of the molecule is O=C(CC12CC3CC4CC(C1)C432)NCC(=O)N1CCN(CC2CCC=CC2=O)CC1. The van der Waals surface area contributed by atoms with E-state index >= 15 is 0 Å². The number of hydrogen-bond donors (Lipinski definition) is 1. The van der Waals surface area contributed by atoms with Crippen LogP contribution in [0.15, 0.2) is 12.2 Å². The number of nitrogens with one attached hydrogen (secondary N) is 1. The summed E-state index contributed by atoms with van der Waals surface area (Å²) in [5.41, 5.74) is 0.869. The first-order chi connectivity index (χ1) is 14.5. The van der Waals surface area contributed by atoms with Crippen molar-refractivity contribution in [1.29, 1.82) is 0 Å². The molecule has 1 N–H and O–H groups in total. The van der Waals surface area contributed by atoms with E-state index in [1.54, 1.807) is 6.08 Å². The van der Waals surface area contributed by atoms with Gasteiger partial charge in [0.1, 0.15) is 0 Å². The molecule has 1 spiro atoms. The molecule has 6 heteroatoms. The fraction of sp³-hybridized carbons (Fsp3) is 0.792. The number of nitrogens with zero attached hydrogens (tertiary/aromatic N) is 2. The molecular formula is C24H33N3O3. The minimum atomic E-state index is 0.0264. The molecule has 4 saturated carbocycles. The highest BCUT2D eigenvalue weighted by Crippen LogP contribution is 2.93. The first-order valence-electron chi connectivity index (χ1n) is 12.0. The number of hydrogen-bond acceptors (Lipinski definition) is 4. The van der Waals surface area contributed by atoms with Gasteiger partial charge in [0.15, 0.2) is 5.78 Å². The number of piperazine rings is 1. The van der Waals surface area contributed by atoms with Gasteiger partial charge in [-0.25, -0.2) is 0 Å². The van der Waals surface area contributed by atoms with Crippen LogP contribution in [0.25, 0.3) is 0 Å². The van der Waals surface area contributed by atoms with Crippen molar-refractivity contribution in [2.75, 3.05) is 39.3 Å². The van der Waals surface area contributed by atoms with E-state index in [4.69, 9.17) is 0 Å². The monoisotopic (exact) mass is 411 g/mol. The molecule has 6 rings (SSSR count). The Balaban J connectivity index is 0.931. The molecule has 3 unspecified atom stereocenters. The second-order valence-corrected chi connectivity index (χ2v) is 10.9. The Kier molecular flexibility index (Phi) is 4.22. The molecule has 5 fully saturated rings. The molecular weight excluding hydrogens is 378 g/mol. The largest absolute Gasteiger partial charge is 0.347 e. The third kappa shape index (κ3) is 2.49. The summed E-state index contributed by atoms with van der Waals surface area (Å²) in [6.45, 7) is 3.91. The second-order valence-electron chi connectivity index (χ2n) is 10.9. The lowest BCUT2D eigenvalue weighted by Crippen LogP contribution is -2.85. The lowest BCUT2D eigenvalue weighted by molar-refractivity contribution is -0.430. The summed E-state index contributed by atoms with van der Waals surface area (Å²) in [4.78, 5) is 41.3.